The van der Waals surface area contributed by atoms with Crippen LogP contribution >= 0.6 is 12.4 Å². The molecule has 0 aliphatic heterocycles. The number of fused-ring (bicyclic) bond motifs is 1. The van der Waals surface area contributed by atoms with E-state index in [0.29, 0.717) is 12.1 Å². The molecule has 1 aromatic heterocycles. The first-order valence-electron chi connectivity index (χ1n) is 8.19. The Kier molecular flexibility index (Phi) is 6.29. The fourth-order valence-corrected chi connectivity index (χ4v) is 2.49. The van der Waals surface area contributed by atoms with Crippen molar-refractivity contribution in [1.82, 2.24) is 5.32 Å². The summed E-state index contributed by atoms with van der Waals surface area (Å²) < 4.78 is 11.6. The average molecular weight is 375 g/mol. The molecule has 1 amide bonds. The lowest BCUT2D eigenvalue weighted by Gasteiger charge is -2.18. The second kappa shape index (κ2) is 8.25. The van der Waals surface area contributed by atoms with Crippen LogP contribution in [0.3, 0.4) is 0 Å². The summed E-state index contributed by atoms with van der Waals surface area (Å²) in [7, 11) is 0. The minimum Gasteiger partial charge on any atom is -0.489 e. The van der Waals surface area contributed by atoms with Crippen LogP contribution in [0.2, 0.25) is 0 Å². The molecule has 0 saturated carbocycles. The Morgan fingerprint density at radius 2 is 1.77 bits per heavy atom. The van der Waals surface area contributed by atoms with Gasteiger partial charge in [-0.25, -0.2) is 0 Å². The Bertz CT molecular complexity index is 870. The van der Waals surface area contributed by atoms with Gasteiger partial charge >= 0.3 is 0 Å². The number of hydrogen-bond donors (Lipinski definition) is 2. The number of nitrogens with two attached hydrogens (primary N) is 1. The van der Waals surface area contributed by atoms with Gasteiger partial charge in [-0.1, -0.05) is 36.4 Å². The van der Waals surface area contributed by atoms with Gasteiger partial charge in [-0.05, 0) is 32.0 Å². The molecule has 3 N–H and O–H groups in total. The third-order valence-corrected chi connectivity index (χ3v) is 3.74. The fraction of sp³-hybridized carbons (Fsp3) is 0.250. The van der Waals surface area contributed by atoms with E-state index in [2.05, 4.69) is 5.32 Å². The fourth-order valence-electron chi connectivity index (χ4n) is 2.49. The number of carbonyl (C=O) groups is 1. The highest BCUT2D eigenvalue weighted by molar-refractivity contribution is 5.99. The van der Waals surface area contributed by atoms with Crippen LogP contribution in [0.25, 0.3) is 11.0 Å². The number of ether oxygens (including phenoxy) is 1. The summed E-state index contributed by atoms with van der Waals surface area (Å²) in [4.78, 5) is 12.6. The number of para-hydroxylation sites is 2. The van der Waals surface area contributed by atoms with Crippen molar-refractivity contribution in [1.29, 1.82) is 0 Å². The predicted octanol–water partition coefficient (Wildman–Crippen LogP) is 3.90. The van der Waals surface area contributed by atoms with Gasteiger partial charge in [0.1, 0.15) is 17.9 Å². The Hall–Kier alpha value is -2.50. The van der Waals surface area contributed by atoms with Crippen LogP contribution in [0.1, 0.15) is 30.0 Å². The summed E-state index contributed by atoms with van der Waals surface area (Å²) in [5.74, 6) is 0.713. The summed E-state index contributed by atoms with van der Waals surface area (Å²) in [5, 5.41) is 3.70. The van der Waals surface area contributed by atoms with Crippen molar-refractivity contribution in [3.05, 3.63) is 65.9 Å². The van der Waals surface area contributed by atoms with Crippen molar-refractivity contribution in [3.63, 3.8) is 0 Å². The molecule has 6 heteroatoms. The monoisotopic (exact) mass is 374 g/mol. The molecule has 0 saturated heterocycles. The lowest BCUT2D eigenvalue weighted by molar-refractivity contribution is 0.0917. The predicted molar refractivity (Wildman–Crippen MR) is 105 cm³/mol. The Morgan fingerprint density at radius 3 is 2.46 bits per heavy atom. The van der Waals surface area contributed by atoms with Crippen LogP contribution in [-0.2, 0) is 6.61 Å². The summed E-state index contributed by atoms with van der Waals surface area (Å²) in [6.45, 7) is 4.30. The molecule has 0 aliphatic carbocycles. The zero-order chi connectivity index (χ0) is 17.9. The van der Waals surface area contributed by atoms with Gasteiger partial charge in [0, 0.05) is 23.0 Å². The van der Waals surface area contributed by atoms with Gasteiger partial charge in [0.2, 0.25) is 0 Å². The summed E-state index contributed by atoms with van der Waals surface area (Å²) in [5.41, 5.74) is 6.83. The molecule has 0 fully saturated rings. The van der Waals surface area contributed by atoms with E-state index in [0.717, 1.165) is 16.7 Å². The first-order valence-corrected chi connectivity index (χ1v) is 8.19. The van der Waals surface area contributed by atoms with Crippen molar-refractivity contribution in [2.75, 3.05) is 6.54 Å². The van der Waals surface area contributed by atoms with Gasteiger partial charge < -0.3 is 20.2 Å². The minimum absolute atomic E-state index is 0. The molecule has 0 radical (unpaired) electrons. The van der Waals surface area contributed by atoms with Crippen LogP contribution in [0.4, 0.5) is 0 Å². The molecule has 2 aromatic carbocycles. The molecular weight excluding hydrogens is 352 g/mol. The van der Waals surface area contributed by atoms with E-state index >= 15 is 0 Å². The molecular formula is C20H23ClN2O3. The maximum atomic E-state index is 12.6. The first kappa shape index (κ1) is 19.8. The van der Waals surface area contributed by atoms with Gasteiger partial charge in [-0.3, -0.25) is 4.79 Å². The van der Waals surface area contributed by atoms with Gasteiger partial charge in [0.15, 0.2) is 5.76 Å². The number of furan rings is 1. The molecule has 26 heavy (non-hydrogen) atoms. The highest BCUT2D eigenvalue weighted by atomic mass is 35.5. The van der Waals surface area contributed by atoms with Gasteiger partial charge in [-0.2, -0.15) is 0 Å². The van der Waals surface area contributed by atoms with Crippen molar-refractivity contribution < 1.29 is 13.9 Å². The molecule has 0 bridgehead atoms. The SMILES string of the molecule is CC(C)(N)CNC(=O)c1oc2ccccc2c1COc1ccccc1.Cl. The minimum atomic E-state index is -0.498. The molecule has 0 atom stereocenters. The standard InChI is InChI=1S/C20H22N2O3.ClH/c1-20(2,21)13-22-19(23)18-16(12-24-14-8-4-3-5-9-14)15-10-6-7-11-17(15)25-18;/h3-11H,12-13,21H2,1-2H3,(H,22,23);1H. The van der Waals surface area contributed by atoms with E-state index in [4.69, 9.17) is 14.9 Å². The van der Waals surface area contributed by atoms with E-state index in [1.807, 2.05) is 68.4 Å². The zero-order valence-corrected chi connectivity index (χ0v) is 15.6. The summed E-state index contributed by atoms with van der Waals surface area (Å²) in [6, 6.07) is 17.0. The van der Waals surface area contributed by atoms with Crippen LogP contribution in [0.5, 0.6) is 5.75 Å². The van der Waals surface area contributed by atoms with Gasteiger partial charge in [0.25, 0.3) is 5.91 Å². The number of carbonyl (C=O) groups excluding carboxylic acids is 1. The molecule has 3 aromatic rings. The van der Waals surface area contributed by atoms with E-state index in [1.165, 1.54) is 0 Å². The summed E-state index contributed by atoms with van der Waals surface area (Å²) >= 11 is 0. The second-order valence-corrected chi connectivity index (χ2v) is 6.68. The van der Waals surface area contributed by atoms with Crippen molar-refractivity contribution >= 4 is 29.3 Å². The lowest BCUT2D eigenvalue weighted by Crippen LogP contribution is -2.45. The summed E-state index contributed by atoms with van der Waals surface area (Å²) in [6.07, 6.45) is 0. The number of hydrogen-bond acceptors (Lipinski definition) is 4. The quantitative estimate of drug-likeness (QED) is 0.686. The number of nitrogens with one attached hydrogen (secondary N) is 1. The molecule has 5 nitrogen and oxygen atoms in total. The average Bonchev–Trinajstić information content (AvgIpc) is 2.97. The van der Waals surface area contributed by atoms with Crippen molar-refractivity contribution in [3.8, 4) is 5.75 Å². The number of halogens is 1. The Labute approximate surface area is 158 Å². The van der Waals surface area contributed by atoms with Crippen LogP contribution in [0, 0.1) is 0 Å². The van der Waals surface area contributed by atoms with Crippen molar-refractivity contribution in [2.45, 2.75) is 26.0 Å². The van der Waals surface area contributed by atoms with Crippen LogP contribution < -0.4 is 15.8 Å². The maximum absolute atomic E-state index is 12.6. The second-order valence-electron chi connectivity index (χ2n) is 6.68. The van der Waals surface area contributed by atoms with Crippen LogP contribution in [0.15, 0.2) is 59.0 Å². The third kappa shape index (κ3) is 4.77. The van der Waals surface area contributed by atoms with E-state index < -0.39 is 5.54 Å². The van der Waals surface area contributed by atoms with E-state index in [9.17, 15) is 4.79 Å². The van der Waals surface area contributed by atoms with Crippen LogP contribution in [-0.4, -0.2) is 18.0 Å². The highest BCUT2D eigenvalue weighted by Gasteiger charge is 2.22. The highest BCUT2D eigenvalue weighted by Crippen LogP contribution is 2.27. The van der Waals surface area contributed by atoms with Gasteiger partial charge in [0.05, 0.1) is 0 Å². The Morgan fingerprint density at radius 1 is 1.12 bits per heavy atom. The Balaban J connectivity index is 0.00000243. The number of amides is 1. The number of rotatable bonds is 6. The van der Waals surface area contributed by atoms with Gasteiger partial charge in [-0.15, -0.1) is 12.4 Å². The molecule has 138 valence electrons. The largest absolute Gasteiger partial charge is 0.489 e. The molecule has 0 unspecified atom stereocenters. The van der Waals surface area contributed by atoms with Crippen molar-refractivity contribution in [2.24, 2.45) is 5.73 Å². The molecule has 0 spiro atoms. The topological polar surface area (TPSA) is 77.5 Å². The molecule has 0 aliphatic rings. The van der Waals surface area contributed by atoms with E-state index in [1.54, 1.807) is 0 Å². The molecule has 3 rings (SSSR count). The number of benzene rings is 2. The third-order valence-electron chi connectivity index (χ3n) is 3.74. The lowest BCUT2D eigenvalue weighted by atomic mass is 10.1. The normalized spacial score (nSPS) is 11.0. The first-order chi connectivity index (χ1) is 11.9. The smallest absolute Gasteiger partial charge is 0.287 e. The van der Waals surface area contributed by atoms with E-state index in [-0.39, 0.29) is 30.7 Å². The molecule has 1 heterocycles. The maximum Gasteiger partial charge on any atom is 0.287 e. The zero-order valence-electron chi connectivity index (χ0n) is 14.8.